The maximum absolute atomic E-state index is 5.53. The Morgan fingerprint density at radius 1 is 1.50 bits per heavy atom. The minimum atomic E-state index is 0.561. The highest BCUT2D eigenvalue weighted by molar-refractivity contribution is 7.98. The molecule has 0 amide bonds. The fourth-order valence-electron chi connectivity index (χ4n) is 1.16. The van der Waals surface area contributed by atoms with E-state index in [1.807, 2.05) is 24.8 Å². The average molecular weight is 184 g/mol. The van der Waals surface area contributed by atoms with Crippen LogP contribution >= 0.6 is 11.8 Å². The molecule has 0 aromatic carbocycles. The Balaban J connectivity index is 2.47. The lowest BCUT2D eigenvalue weighted by atomic mass is 10.1. The van der Waals surface area contributed by atoms with Crippen molar-refractivity contribution in [2.24, 2.45) is 0 Å². The van der Waals surface area contributed by atoms with E-state index in [0.29, 0.717) is 5.92 Å². The van der Waals surface area contributed by atoms with Gasteiger partial charge in [0.05, 0.1) is 0 Å². The minimum absolute atomic E-state index is 0.561. The second kappa shape index (κ2) is 4.61. The fourth-order valence-corrected chi connectivity index (χ4v) is 1.74. The van der Waals surface area contributed by atoms with Crippen LogP contribution in [0.15, 0.2) is 16.5 Å². The normalized spacial score (nSPS) is 13.2. The van der Waals surface area contributed by atoms with E-state index in [-0.39, 0.29) is 0 Å². The van der Waals surface area contributed by atoms with Gasteiger partial charge in [-0.05, 0) is 37.5 Å². The van der Waals surface area contributed by atoms with Crippen molar-refractivity contribution in [2.45, 2.75) is 26.2 Å². The molecular weight excluding hydrogens is 168 g/mol. The molecule has 0 aliphatic carbocycles. The van der Waals surface area contributed by atoms with Gasteiger partial charge in [-0.1, -0.05) is 6.92 Å². The largest absolute Gasteiger partial charge is 0.466 e. The summed E-state index contributed by atoms with van der Waals surface area (Å²) in [6.45, 7) is 4.21. The summed E-state index contributed by atoms with van der Waals surface area (Å²) >= 11 is 1.89. The van der Waals surface area contributed by atoms with E-state index in [2.05, 4.69) is 19.2 Å². The number of hydrogen-bond donors (Lipinski definition) is 0. The first-order chi connectivity index (χ1) is 5.74. The zero-order valence-corrected chi connectivity index (χ0v) is 8.78. The Kier molecular flexibility index (Phi) is 3.73. The van der Waals surface area contributed by atoms with E-state index in [1.165, 1.54) is 12.2 Å². The van der Waals surface area contributed by atoms with Crippen molar-refractivity contribution in [1.29, 1.82) is 0 Å². The van der Waals surface area contributed by atoms with Crippen LogP contribution < -0.4 is 0 Å². The van der Waals surface area contributed by atoms with Gasteiger partial charge in [0.15, 0.2) is 0 Å². The summed E-state index contributed by atoms with van der Waals surface area (Å²) in [5, 5.41) is 0. The second-order valence-corrected chi connectivity index (χ2v) is 4.12. The van der Waals surface area contributed by atoms with E-state index in [1.54, 1.807) is 0 Å². The first kappa shape index (κ1) is 9.72. The standard InChI is InChI=1S/C10H16OS/c1-8(6-7-12-3)10-5-4-9(2)11-10/h4-5,8H,6-7H2,1-3H3. The molecule has 0 saturated heterocycles. The van der Waals surface area contributed by atoms with Gasteiger partial charge in [-0.15, -0.1) is 0 Å². The molecule has 12 heavy (non-hydrogen) atoms. The van der Waals surface area contributed by atoms with Crippen LogP contribution in [-0.2, 0) is 0 Å². The van der Waals surface area contributed by atoms with Crippen molar-refractivity contribution < 1.29 is 4.42 Å². The number of aryl methyl sites for hydroxylation is 1. The molecule has 0 N–H and O–H groups in total. The number of thioether (sulfide) groups is 1. The van der Waals surface area contributed by atoms with Gasteiger partial charge in [0.1, 0.15) is 11.5 Å². The van der Waals surface area contributed by atoms with Crippen LogP contribution in [0.4, 0.5) is 0 Å². The van der Waals surface area contributed by atoms with Crippen molar-refractivity contribution in [3.8, 4) is 0 Å². The molecule has 1 rings (SSSR count). The summed E-state index contributed by atoms with van der Waals surface area (Å²) in [5.41, 5.74) is 0. The molecule has 0 saturated carbocycles. The second-order valence-electron chi connectivity index (χ2n) is 3.13. The molecule has 0 fully saturated rings. The molecule has 1 unspecified atom stereocenters. The van der Waals surface area contributed by atoms with Gasteiger partial charge in [-0.2, -0.15) is 11.8 Å². The number of rotatable bonds is 4. The molecule has 0 radical (unpaired) electrons. The summed E-state index contributed by atoms with van der Waals surface area (Å²) in [7, 11) is 0. The third kappa shape index (κ3) is 2.59. The molecule has 0 spiro atoms. The zero-order chi connectivity index (χ0) is 8.97. The highest BCUT2D eigenvalue weighted by Gasteiger charge is 2.08. The molecule has 0 aliphatic heterocycles. The Hall–Kier alpha value is -0.370. The summed E-state index contributed by atoms with van der Waals surface area (Å²) in [6.07, 6.45) is 3.34. The van der Waals surface area contributed by atoms with E-state index < -0.39 is 0 Å². The van der Waals surface area contributed by atoms with Crippen molar-refractivity contribution in [2.75, 3.05) is 12.0 Å². The molecule has 0 aliphatic rings. The van der Waals surface area contributed by atoms with E-state index in [4.69, 9.17) is 4.42 Å². The number of hydrogen-bond acceptors (Lipinski definition) is 2. The lowest BCUT2D eigenvalue weighted by Gasteiger charge is -2.06. The predicted molar refractivity (Wildman–Crippen MR) is 54.9 cm³/mol. The first-order valence-corrected chi connectivity index (χ1v) is 5.68. The van der Waals surface area contributed by atoms with Gasteiger partial charge >= 0.3 is 0 Å². The highest BCUT2D eigenvalue weighted by atomic mass is 32.2. The summed E-state index contributed by atoms with van der Waals surface area (Å²) in [6, 6.07) is 4.12. The minimum Gasteiger partial charge on any atom is -0.466 e. The summed E-state index contributed by atoms with van der Waals surface area (Å²) < 4.78 is 5.53. The molecule has 1 aromatic heterocycles. The van der Waals surface area contributed by atoms with Crippen LogP contribution in [-0.4, -0.2) is 12.0 Å². The Bertz CT molecular complexity index is 229. The summed E-state index contributed by atoms with van der Waals surface area (Å²) in [5.74, 6) is 3.91. The van der Waals surface area contributed by atoms with Crippen LogP contribution in [0.1, 0.15) is 30.8 Å². The molecule has 1 aromatic rings. The van der Waals surface area contributed by atoms with Gasteiger partial charge in [0.2, 0.25) is 0 Å². The van der Waals surface area contributed by atoms with Crippen LogP contribution in [0, 0.1) is 6.92 Å². The topological polar surface area (TPSA) is 13.1 Å². The van der Waals surface area contributed by atoms with E-state index >= 15 is 0 Å². The maximum Gasteiger partial charge on any atom is 0.106 e. The maximum atomic E-state index is 5.53. The molecule has 2 heteroatoms. The Morgan fingerprint density at radius 2 is 2.25 bits per heavy atom. The van der Waals surface area contributed by atoms with Gasteiger partial charge in [-0.3, -0.25) is 0 Å². The molecule has 0 bridgehead atoms. The molecule has 1 heterocycles. The zero-order valence-electron chi connectivity index (χ0n) is 7.96. The first-order valence-electron chi connectivity index (χ1n) is 4.29. The van der Waals surface area contributed by atoms with Crippen molar-refractivity contribution in [3.63, 3.8) is 0 Å². The van der Waals surface area contributed by atoms with Gasteiger partial charge < -0.3 is 4.42 Å². The van der Waals surface area contributed by atoms with Gasteiger partial charge in [-0.25, -0.2) is 0 Å². The van der Waals surface area contributed by atoms with Crippen molar-refractivity contribution in [3.05, 3.63) is 23.7 Å². The molecule has 1 atom stereocenters. The van der Waals surface area contributed by atoms with Crippen molar-refractivity contribution in [1.82, 2.24) is 0 Å². The van der Waals surface area contributed by atoms with Crippen LogP contribution in [0.25, 0.3) is 0 Å². The monoisotopic (exact) mass is 184 g/mol. The van der Waals surface area contributed by atoms with Crippen LogP contribution in [0.2, 0.25) is 0 Å². The highest BCUT2D eigenvalue weighted by Crippen LogP contribution is 2.22. The van der Waals surface area contributed by atoms with E-state index in [9.17, 15) is 0 Å². The SMILES string of the molecule is CSCCC(C)c1ccc(C)o1. The smallest absolute Gasteiger partial charge is 0.106 e. The Morgan fingerprint density at radius 3 is 2.75 bits per heavy atom. The lowest BCUT2D eigenvalue weighted by Crippen LogP contribution is -1.92. The van der Waals surface area contributed by atoms with Gasteiger partial charge in [0, 0.05) is 5.92 Å². The predicted octanol–water partition coefficient (Wildman–Crippen LogP) is 3.44. The molecule has 1 nitrogen and oxygen atoms in total. The average Bonchev–Trinajstić information content (AvgIpc) is 2.47. The third-order valence-electron chi connectivity index (χ3n) is 2.00. The summed E-state index contributed by atoms with van der Waals surface area (Å²) in [4.78, 5) is 0. The van der Waals surface area contributed by atoms with Crippen LogP contribution in [0.5, 0.6) is 0 Å². The Labute approximate surface area is 78.5 Å². The molecule has 68 valence electrons. The van der Waals surface area contributed by atoms with Crippen LogP contribution in [0.3, 0.4) is 0 Å². The van der Waals surface area contributed by atoms with Crippen molar-refractivity contribution >= 4 is 11.8 Å². The van der Waals surface area contributed by atoms with E-state index in [0.717, 1.165) is 11.5 Å². The quantitative estimate of drug-likeness (QED) is 0.711. The fraction of sp³-hybridized carbons (Fsp3) is 0.600. The van der Waals surface area contributed by atoms with Gasteiger partial charge in [0.25, 0.3) is 0 Å². The molecular formula is C10H16OS. The third-order valence-corrected chi connectivity index (χ3v) is 2.65. The lowest BCUT2D eigenvalue weighted by molar-refractivity contribution is 0.450. The number of furan rings is 1.